The van der Waals surface area contributed by atoms with Crippen LogP contribution in [0.25, 0.3) is 10.9 Å². The first-order valence-electron chi connectivity index (χ1n) is 7.58. The van der Waals surface area contributed by atoms with E-state index >= 15 is 0 Å². The average molecular weight is 338 g/mol. The average Bonchev–Trinajstić information content (AvgIpc) is 2.59. The van der Waals surface area contributed by atoms with E-state index in [1.807, 2.05) is 37.3 Å². The molecular formula is C19H18N2O2S. The Balaban J connectivity index is 2.21. The number of sulfonamides is 1. The molecule has 24 heavy (non-hydrogen) atoms. The Morgan fingerprint density at radius 2 is 1.88 bits per heavy atom. The number of pyridine rings is 1. The van der Waals surface area contributed by atoms with Crippen molar-refractivity contribution >= 4 is 26.6 Å². The Hall–Kier alpha value is -2.66. The zero-order valence-electron chi connectivity index (χ0n) is 13.4. The van der Waals surface area contributed by atoms with E-state index in [1.54, 1.807) is 36.5 Å². The number of hydrogen-bond donors (Lipinski definition) is 0. The number of fused-ring (bicyclic) bond motifs is 1. The molecule has 0 fully saturated rings. The Labute approximate surface area is 142 Å². The van der Waals surface area contributed by atoms with Crippen molar-refractivity contribution in [3.8, 4) is 0 Å². The van der Waals surface area contributed by atoms with Crippen LogP contribution in [0.2, 0.25) is 0 Å². The number of benzene rings is 2. The van der Waals surface area contributed by atoms with E-state index in [0.29, 0.717) is 11.2 Å². The molecule has 0 unspecified atom stereocenters. The highest BCUT2D eigenvalue weighted by molar-refractivity contribution is 7.93. The largest absolute Gasteiger partial charge is 0.266 e. The number of para-hydroxylation sites is 2. The highest BCUT2D eigenvalue weighted by atomic mass is 32.2. The van der Waals surface area contributed by atoms with Crippen molar-refractivity contribution in [1.29, 1.82) is 0 Å². The lowest BCUT2D eigenvalue weighted by molar-refractivity contribution is 0.593. The van der Waals surface area contributed by atoms with Gasteiger partial charge in [-0.1, -0.05) is 36.4 Å². The lowest BCUT2D eigenvalue weighted by Gasteiger charge is -2.23. The van der Waals surface area contributed by atoms with Crippen molar-refractivity contribution < 1.29 is 8.42 Å². The molecule has 0 amide bonds. The van der Waals surface area contributed by atoms with Gasteiger partial charge < -0.3 is 0 Å². The molecule has 0 bridgehead atoms. The molecular weight excluding hydrogens is 320 g/mol. The van der Waals surface area contributed by atoms with Crippen LogP contribution >= 0.6 is 0 Å². The van der Waals surface area contributed by atoms with Gasteiger partial charge in [-0.2, -0.15) is 0 Å². The molecule has 0 saturated carbocycles. The molecule has 1 aromatic heterocycles. The van der Waals surface area contributed by atoms with E-state index in [0.717, 1.165) is 10.9 Å². The summed E-state index contributed by atoms with van der Waals surface area (Å²) in [5.41, 5.74) is 2.07. The fraction of sp³-hybridized carbons (Fsp3) is 0.105. The molecule has 5 heteroatoms. The van der Waals surface area contributed by atoms with Gasteiger partial charge in [-0.25, -0.2) is 8.42 Å². The topological polar surface area (TPSA) is 50.3 Å². The number of nitrogens with zero attached hydrogens (tertiary/aromatic N) is 2. The first-order chi connectivity index (χ1) is 11.5. The van der Waals surface area contributed by atoms with E-state index < -0.39 is 10.0 Å². The van der Waals surface area contributed by atoms with Crippen LogP contribution in [0.15, 0.2) is 78.3 Å². The third kappa shape index (κ3) is 2.90. The predicted octanol–water partition coefficient (Wildman–Crippen LogP) is 3.92. The Morgan fingerprint density at radius 3 is 2.58 bits per heavy atom. The third-order valence-electron chi connectivity index (χ3n) is 3.72. The highest BCUT2D eigenvalue weighted by Gasteiger charge is 2.26. The van der Waals surface area contributed by atoms with E-state index in [2.05, 4.69) is 11.6 Å². The number of hydrogen-bond acceptors (Lipinski definition) is 3. The predicted molar refractivity (Wildman–Crippen MR) is 97.7 cm³/mol. The van der Waals surface area contributed by atoms with Gasteiger partial charge in [0.15, 0.2) is 0 Å². The van der Waals surface area contributed by atoms with Crippen LogP contribution in [-0.2, 0) is 10.0 Å². The lowest BCUT2D eigenvalue weighted by atomic mass is 10.2. The number of aryl methyl sites for hydroxylation is 1. The quantitative estimate of drug-likeness (QED) is 0.663. The van der Waals surface area contributed by atoms with Gasteiger partial charge in [-0.3, -0.25) is 9.29 Å². The summed E-state index contributed by atoms with van der Waals surface area (Å²) in [6.07, 6.45) is 3.26. The van der Waals surface area contributed by atoms with Crippen LogP contribution in [0.5, 0.6) is 0 Å². The van der Waals surface area contributed by atoms with Crippen molar-refractivity contribution in [2.24, 2.45) is 0 Å². The number of rotatable bonds is 5. The van der Waals surface area contributed by atoms with Gasteiger partial charge >= 0.3 is 0 Å². The van der Waals surface area contributed by atoms with Crippen LogP contribution < -0.4 is 4.31 Å². The van der Waals surface area contributed by atoms with E-state index in [-0.39, 0.29) is 11.4 Å². The molecule has 3 rings (SSSR count). The minimum absolute atomic E-state index is 0.189. The molecule has 4 nitrogen and oxygen atoms in total. The van der Waals surface area contributed by atoms with Gasteiger partial charge in [0.25, 0.3) is 10.0 Å². The first kappa shape index (κ1) is 16.2. The number of anilines is 1. The Bertz CT molecular complexity index is 983. The minimum atomic E-state index is -3.76. The maximum atomic E-state index is 13.3. The van der Waals surface area contributed by atoms with Crippen molar-refractivity contribution in [2.45, 2.75) is 11.8 Å². The van der Waals surface area contributed by atoms with Gasteiger partial charge in [-0.05, 0) is 36.8 Å². The smallest absolute Gasteiger partial charge is 0.262 e. The van der Waals surface area contributed by atoms with Gasteiger partial charge in [0.2, 0.25) is 0 Å². The van der Waals surface area contributed by atoms with Crippen molar-refractivity contribution in [3.63, 3.8) is 0 Å². The van der Waals surface area contributed by atoms with Gasteiger partial charge in [0.05, 0.1) is 17.7 Å². The molecule has 0 N–H and O–H groups in total. The second-order valence-electron chi connectivity index (χ2n) is 5.50. The maximum Gasteiger partial charge on any atom is 0.266 e. The molecule has 0 aliphatic heterocycles. The summed E-state index contributed by atoms with van der Waals surface area (Å²) in [6.45, 7) is 5.81. The van der Waals surface area contributed by atoms with Gasteiger partial charge in [0, 0.05) is 11.6 Å². The maximum absolute atomic E-state index is 13.3. The second-order valence-corrected chi connectivity index (χ2v) is 7.33. The van der Waals surface area contributed by atoms with E-state index in [4.69, 9.17) is 0 Å². The van der Waals surface area contributed by atoms with E-state index in [1.165, 1.54) is 4.31 Å². The van der Waals surface area contributed by atoms with Crippen LogP contribution in [-0.4, -0.2) is 19.9 Å². The minimum Gasteiger partial charge on any atom is -0.262 e. The van der Waals surface area contributed by atoms with E-state index in [9.17, 15) is 8.42 Å². The molecule has 0 radical (unpaired) electrons. The van der Waals surface area contributed by atoms with Crippen molar-refractivity contribution in [3.05, 3.63) is 79.0 Å². The molecule has 0 atom stereocenters. The van der Waals surface area contributed by atoms with Crippen LogP contribution in [0, 0.1) is 6.92 Å². The SMILES string of the molecule is C=CCN(c1ccccc1)S(=O)(=O)c1cccc2cc(C)cnc12. The fourth-order valence-corrected chi connectivity index (χ4v) is 4.23. The second kappa shape index (κ2) is 6.45. The summed E-state index contributed by atoms with van der Waals surface area (Å²) >= 11 is 0. The molecule has 0 aliphatic carbocycles. The molecule has 1 heterocycles. The monoisotopic (exact) mass is 338 g/mol. The van der Waals surface area contributed by atoms with Crippen molar-refractivity contribution in [1.82, 2.24) is 4.98 Å². The molecule has 2 aromatic carbocycles. The summed E-state index contributed by atoms with van der Waals surface area (Å²) in [5, 5.41) is 0.808. The summed E-state index contributed by atoms with van der Waals surface area (Å²) in [6, 6.07) is 16.2. The van der Waals surface area contributed by atoms with Crippen LogP contribution in [0.4, 0.5) is 5.69 Å². The standard InChI is InChI=1S/C19H18N2O2S/c1-3-12-21(17-9-5-4-6-10-17)24(22,23)18-11-7-8-16-13-15(2)14-20-19(16)18/h3-11,13-14H,1,12H2,2H3. The summed E-state index contributed by atoms with van der Waals surface area (Å²) in [4.78, 5) is 4.55. The molecule has 0 aliphatic rings. The molecule has 122 valence electrons. The third-order valence-corrected chi connectivity index (χ3v) is 5.54. The summed E-state index contributed by atoms with van der Waals surface area (Å²) < 4.78 is 27.9. The molecule has 3 aromatic rings. The van der Waals surface area contributed by atoms with Crippen LogP contribution in [0.1, 0.15) is 5.56 Å². The van der Waals surface area contributed by atoms with Gasteiger partial charge in [-0.15, -0.1) is 6.58 Å². The zero-order valence-corrected chi connectivity index (χ0v) is 14.2. The summed E-state index contributed by atoms with van der Waals surface area (Å²) in [5.74, 6) is 0. The van der Waals surface area contributed by atoms with Gasteiger partial charge in [0.1, 0.15) is 4.90 Å². The Morgan fingerprint density at radius 1 is 1.12 bits per heavy atom. The molecule has 0 spiro atoms. The lowest BCUT2D eigenvalue weighted by Crippen LogP contribution is -2.31. The number of aromatic nitrogens is 1. The first-order valence-corrected chi connectivity index (χ1v) is 9.02. The summed E-state index contributed by atoms with van der Waals surface area (Å²) in [7, 11) is -3.76. The Kier molecular flexibility index (Phi) is 4.36. The fourth-order valence-electron chi connectivity index (χ4n) is 2.62. The normalized spacial score (nSPS) is 11.4. The van der Waals surface area contributed by atoms with Crippen molar-refractivity contribution in [2.75, 3.05) is 10.8 Å². The molecule has 0 saturated heterocycles. The van der Waals surface area contributed by atoms with Crippen LogP contribution in [0.3, 0.4) is 0 Å². The zero-order chi connectivity index (χ0) is 17.2. The highest BCUT2D eigenvalue weighted by Crippen LogP contribution is 2.28.